The Morgan fingerprint density at radius 1 is 1.37 bits per heavy atom. The molecule has 0 atom stereocenters. The van der Waals surface area contributed by atoms with Crippen LogP contribution in [0, 0.1) is 0 Å². The molecular weight excluding hydrogens is 240 g/mol. The average Bonchev–Trinajstić information content (AvgIpc) is 2.28. The van der Waals surface area contributed by atoms with Gasteiger partial charge in [0.1, 0.15) is 5.75 Å². The predicted molar refractivity (Wildman–Crippen MR) is 76.7 cm³/mol. The molecule has 0 aliphatic heterocycles. The van der Waals surface area contributed by atoms with Crippen LogP contribution in [0.2, 0.25) is 0 Å². The molecule has 2 N–H and O–H groups in total. The number of carbonyl (C=O) groups is 1. The normalized spacial score (nSPS) is 11.3. The molecule has 1 aromatic rings. The van der Waals surface area contributed by atoms with Crippen molar-refractivity contribution in [2.45, 2.75) is 45.4 Å². The van der Waals surface area contributed by atoms with Crippen molar-refractivity contribution in [3.63, 3.8) is 0 Å². The van der Waals surface area contributed by atoms with Crippen LogP contribution in [0.5, 0.6) is 5.75 Å². The highest BCUT2D eigenvalue weighted by Crippen LogP contribution is 2.35. The third kappa shape index (κ3) is 4.12. The molecule has 0 amide bonds. The molecule has 3 heteroatoms. The Hall–Kier alpha value is -1.77. The number of hydrogen-bond acceptors (Lipinski definition) is 2. The van der Waals surface area contributed by atoms with Gasteiger partial charge in [0.15, 0.2) is 0 Å². The van der Waals surface area contributed by atoms with Gasteiger partial charge in [0.05, 0.1) is 0 Å². The van der Waals surface area contributed by atoms with Gasteiger partial charge in [-0.3, -0.25) is 4.79 Å². The monoisotopic (exact) mass is 262 g/mol. The van der Waals surface area contributed by atoms with E-state index in [1.165, 1.54) is 0 Å². The van der Waals surface area contributed by atoms with Crippen LogP contribution in [0.25, 0.3) is 0 Å². The molecule has 0 aliphatic rings. The number of carboxylic acid groups (broad SMARTS) is 1. The third-order valence-electron chi connectivity index (χ3n) is 3.05. The van der Waals surface area contributed by atoms with Gasteiger partial charge in [-0.05, 0) is 34.9 Å². The maximum absolute atomic E-state index is 10.7. The van der Waals surface area contributed by atoms with Crippen molar-refractivity contribution in [1.82, 2.24) is 0 Å². The van der Waals surface area contributed by atoms with E-state index < -0.39 is 5.97 Å². The van der Waals surface area contributed by atoms with Crippen molar-refractivity contribution in [1.29, 1.82) is 0 Å². The molecule has 3 nitrogen and oxygen atoms in total. The first-order chi connectivity index (χ1) is 8.75. The minimum atomic E-state index is -0.810. The fourth-order valence-corrected chi connectivity index (χ4v) is 2.04. The molecule has 0 bridgehead atoms. The summed E-state index contributed by atoms with van der Waals surface area (Å²) < 4.78 is 0. The van der Waals surface area contributed by atoms with E-state index in [2.05, 4.69) is 6.58 Å². The number of aryl methyl sites for hydroxylation is 1. The summed E-state index contributed by atoms with van der Waals surface area (Å²) in [6.45, 7) is 9.77. The number of rotatable bonds is 5. The molecule has 0 aliphatic carbocycles. The summed E-state index contributed by atoms with van der Waals surface area (Å²) in [6, 6.07) is 3.78. The number of aromatic hydroxyl groups is 1. The zero-order valence-corrected chi connectivity index (χ0v) is 11.9. The first-order valence-corrected chi connectivity index (χ1v) is 6.43. The highest BCUT2D eigenvalue weighted by atomic mass is 16.4. The lowest BCUT2D eigenvalue weighted by molar-refractivity contribution is -0.136. The van der Waals surface area contributed by atoms with Crippen LogP contribution in [0.3, 0.4) is 0 Å². The summed E-state index contributed by atoms with van der Waals surface area (Å²) in [7, 11) is 0. The van der Waals surface area contributed by atoms with Gasteiger partial charge in [0.2, 0.25) is 0 Å². The summed E-state index contributed by atoms with van der Waals surface area (Å²) in [5.41, 5.74) is 2.43. The fourth-order valence-electron chi connectivity index (χ4n) is 2.04. The summed E-state index contributed by atoms with van der Waals surface area (Å²) >= 11 is 0. The van der Waals surface area contributed by atoms with Crippen molar-refractivity contribution in [2.75, 3.05) is 0 Å². The van der Waals surface area contributed by atoms with Gasteiger partial charge in [0.25, 0.3) is 0 Å². The summed E-state index contributed by atoms with van der Waals surface area (Å²) in [4.78, 5) is 10.7. The van der Waals surface area contributed by atoms with E-state index in [4.69, 9.17) is 5.11 Å². The number of allylic oxidation sites excluding steroid dienone is 1. The second-order valence-corrected chi connectivity index (χ2v) is 5.79. The lowest BCUT2D eigenvalue weighted by Gasteiger charge is -2.23. The largest absolute Gasteiger partial charge is 0.507 e. The minimum Gasteiger partial charge on any atom is -0.507 e. The van der Waals surface area contributed by atoms with Gasteiger partial charge in [-0.1, -0.05) is 39.0 Å². The number of phenols is 1. The summed E-state index contributed by atoms with van der Waals surface area (Å²) in [5.74, 6) is -0.512. The maximum Gasteiger partial charge on any atom is 0.303 e. The number of phenolic OH excluding ortho intramolecular Hbond substituents is 1. The maximum atomic E-state index is 10.7. The van der Waals surface area contributed by atoms with E-state index in [9.17, 15) is 9.90 Å². The lowest BCUT2D eigenvalue weighted by Crippen LogP contribution is -2.13. The smallest absolute Gasteiger partial charge is 0.303 e. The Labute approximate surface area is 114 Å². The van der Waals surface area contributed by atoms with Gasteiger partial charge in [-0.25, -0.2) is 0 Å². The van der Waals surface area contributed by atoms with E-state index in [1.54, 1.807) is 6.08 Å². The highest BCUT2D eigenvalue weighted by Gasteiger charge is 2.21. The standard InChI is InChI=1S/C16H22O3/c1-5-6-12-9-11(7-8-14(17)18)10-13(15(12)19)16(2,3)4/h5,9-10,19H,1,6-8H2,2-4H3,(H,17,18). The van der Waals surface area contributed by atoms with Gasteiger partial charge < -0.3 is 10.2 Å². The van der Waals surface area contributed by atoms with Crippen molar-refractivity contribution < 1.29 is 15.0 Å². The van der Waals surface area contributed by atoms with Crippen LogP contribution in [0.4, 0.5) is 0 Å². The number of aliphatic carboxylic acids is 1. The molecule has 0 unspecified atom stereocenters. The first-order valence-electron chi connectivity index (χ1n) is 6.43. The lowest BCUT2D eigenvalue weighted by atomic mass is 9.83. The molecule has 0 radical (unpaired) electrons. The van der Waals surface area contributed by atoms with E-state index in [0.717, 1.165) is 16.7 Å². The van der Waals surface area contributed by atoms with Crippen LogP contribution in [0.1, 0.15) is 43.9 Å². The second-order valence-electron chi connectivity index (χ2n) is 5.79. The Balaban J connectivity index is 3.22. The molecule has 0 aromatic heterocycles. The van der Waals surface area contributed by atoms with Crippen LogP contribution in [-0.2, 0) is 23.1 Å². The van der Waals surface area contributed by atoms with Crippen LogP contribution < -0.4 is 0 Å². The van der Waals surface area contributed by atoms with E-state index in [1.807, 2.05) is 32.9 Å². The minimum absolute atomic E-state index is 0.0991. The Morgan fingerprint density at radius 3 is 2.47 bits per heavy atom. The van der Waals surface area contributed by atoms with Crippen LogP contribution >= 0.6 is 0 Å². The molecule has 0 heterocycles. The average molecular weight is 262 g/mol. The predicted octanol–water partition coefficient (Wildman–Crippen LogP) is 3.44. The fraction of sp³-hybridized carbons (Fsp3) is 0.438. The zero-order valence-electron chi connectivity index (χ0n) is 11.9. The topological polar surface area (TPSA) is 57.5 Å². The first kappa shape index (κ1) is 15.3. The second kappa shape index (κ2) is 5.91. The summed E-state index contributed by atoms with van der Waals surface area (Å²) in [5, 5.41) is 19.1. The molecule has 1 aromatic carbocycles. The number of benzene rings is 1. The third-order valence-corrected chi connectivity index (χ3v) is 3.05. The van der Waals surface area contributed by atoms with Gasteiger partial charge >= 0.3 is 5.97 Å². The molecule has 104 valence electrons. The Morgan fingerprint density at radius 2 is 2.00 bits per heavy atom. The molecule has 1 rings (SSSR count). The van der Waals surface area contributed by atoms with Crippen molar-refractivity contribution in [2.24, 2.45) is 0 Å². The summed E-state index contributed by atoms with van der Waals surface area (Å²) in [6.07, 6.45) is 2.89. The van der Waals surface area contributed by atoms with E-state index >= 15 is 0 Å². The van der Waals surface area contributed by atoms with E-state index in [-0.39, 0.29) is 11.8 Å². The highest BCUT2D eigenvalue weighted by molar-refractivity contribution is 5.67. The molecule has 19 heavy (non-hydrogen) atoms. The van der Waals surface area contributed by atoms with Crippen molar-refractivity contribution in [3.05, 3.63) is 41.5 Å². The molecule has 0 saturated carbocycles. The van der Waals surface area contributed by atoms with Gasteiger partial charge in [0, 0.05) is 6.42 Å². The van der Waals surface area contributed by atoms with Crippen molar-refractivity contribution in [3.8, 4) is 5.75 Å². The Bertz CT molecular complexity index is 482. The van der Waals surface area contributed by atoms with Crippen LogP contribution in [-0.4, -0.2) is 16.2 Å². The quantitative estimate of drug-likeness (QED) is 0.799. The SMILES string of the molecule is C=CCc1cc(CCC(=O)O)cc(C(C)(C)C)c1O. The Kier molecular flexibility index (Phi) is 4.76. The van der Waals surface area contributed by atoms with E-state index in [0.29, 0.717) is 18.6 Å². The van der Waals surface area contributed by atoms with Crippen molar-refractivity contribution >= 4 is 5.97 Å². The molecule has 0 saturated heterocycles. The van der Waals surface area contributed by atoms with Crippen LogP contribution in [0.15, 0.2) is 24.8 Å². The molecule has 0 spiro atoms. The van der Waals surface area contributed by atoms with Gasteiger partial charge in [-0.2, -0.15) is 0 Å². The molecule has 0 fully saturated rings. The zero-order chi connectivity index (χ0) is 14.6. The number of hydrogen-bond donors (Lipinski definition) is 2. The molecular formula is C16H22O3. The number of carboxylic acids is 1. The van der Waals surface area contributed by atoms with Gasteiger partial charge in [-0.15, -0.1) is 6.58 Å².